The zero-order valence-electron chi connectivity index (χ0n) is 14.4. The molecular formula is C17H22N6O2. The van der Waals surface area contributed by atoms with Crippen molar-refractivity contribution in [1.82, 2.24) is 24.6 Å². The number of likely N-dealkylation sites (tertiary alicyclic amines) is 1. The van der Waals surface area contributed by atoms with Crippen molar-refractivity contribution in [1.29, 1.82) is 0 Å². The highest BCUT2D eigenvalue weighted by Gasteiger charge is 2.48. The summed E-state index contributed by atoms with van der Waals surface area (Å²) in [5.74, 6) is 1.38. The van der Waals surface area contributed by atoms with Gasteiger partial charge in [0.15, 0.2) is 0 Å². The highest BCUT2D eigenvalue weighted by Crippen LogP contribution is 2.42. The number of nitrogens with zero attached hydrogens (tertiary/aromatic N) is 5. The van der Waals surface area contributed by atoms with E-state index in [9.17, 15) is 4.79 Å². The minimum atomic E-state index is -0.0622. The zero-order chi connectivity index (χ0) is 17.4. The number of carbonyl (C=O) groups excluding carboxylic acids is 1. The van der Waals surface area contributed by atoms with Crippen molar-refractivity contribution in [3.05, 3.63) is 30.4 Å². The average Bonchev–Trinajstić information content (AvgIpc) is 3.26. The van der Waals surface area contributed by atoms with E-state index in [1.807, 2.05) is 29.6 Å². The van der Waals surface area contributed by atoms with Crippen LogP contribution >= 0.6 is 0 Å². The van der Waals surface area contributed by atoms with E-state index in [0.29, 0.717) is 30.8 Å². The van der Waals surface area contributed by atoms with Gasteiger partial charge >= 0.3 is 0 Å². The fraction of sp³-hybridized carbons (Fsp3) is 0.529. The molecule has 1 saturated heterocycles. The number of aromatic nitrogens is 4. The third-order valence-corrected chi connectivity index (χ3v) is 4.73. The van der Waals surface area contributed by atoms with E-state index in [1.165, 1.54) is 6.33 Å². The Morgan fingerprint density at radius 2 is 2.20 bits per heavy atom. The number of anilines is 1. The van der Waals surface area contributed by atoms with Gasteiger partial charge in [0.25, 0.3) is 0 Å². The molecule has 8 nitrogen and oxygen atoms in total. The monoisotopic (exact) mass is 342 g/mol. The molecule has 2 fully saturated rings. The Morgan fingerprint density at radius 3 is 2.88 bits per heavy atom. The second kappa shape index (κ2) is 6.34. The van der Waals surface area contributed by atoms with E-state index in [2.05, 4.69) is 20.4 Å². The second-order valence-corrected chi connectivity index (χ2v) is 6.49. The lowest BCUT2D eigenvalue weighted by molar-refractivity contribution is -0.129. The quantitative estimate of drug-likeness (QED) is 0.857. The van der Waals surface area contributed by atoms with E-state index in [0.717, 1.165) is 18.5 Å². The first kappa shape index (κ1) is 15.9. The van der Waals surface area contributed by atoms with E-state index in [1.54, 1.807) is 12.3 Å². The van der Waals surface area contributed by atoms with Crippen molar-refractivity contribution in [2.75, 3.05) is 11.9 Å². The van der Waals surface area contributed by atoms with Crippen LogP contribution in [0.1, 0.15) is 37.9 Å². The molecule has 1 saturated carbocycles. The van der Waals surface area contributed by atoms with E-state index in [-0.39, 0.29) is 18.0 Å². The summed E-state index contributed by atoms with van der Waals surface area (Å²) in [5, 5.41) is 7.70. The molecule has 0 radical (unpaired) electrons. The van der Waals surface area contributed by atoms with Crippen molar-refractivity contribution in [2.24, 2.45) is 7.05 Å². The number of hydrogen-bond acceptors (Lipinski definition) is 6. The normalized spacial score (nSPS) is 23.1. The molecule has 0 bridgehead atoms. The summed E-state index contributed by atoms with van der Waals surface area (Å²) >= 11 is 0. The lowest BCUT2D eigenvalue weighted by Gasteiger charge is -2.29. The maximum atomic E-state index is 12.6. The molecule has 132 valence electrons. The lowest BCUT2D eigenvalue weighted by atomic mass is 10.1. The maximum absolute atomic E-state index is 12.6. The molecule has 0 spiro atoms. The zero-order valence-corrected chi connectivity index (χ0v) is 14.4. The van der Waals surface area contributed by atoms with Crippen LogP contribution < -0.4 is 10.1 Å². The maximum Gasteiger partial charge on any atom is 0.225 e. The Kier molecular flexibility index (Phi) is 4.03. The number of amides is 1. The van der Waals surface area contributed by atoms with Crippen molar-refractivity contribution in [3.8, 4) is 5.88 Å². The van der Waals surface area contributed by atoms with Gasteiger partial charge < -0.3 is 15.0 Å². The topological polar surface area (TPSA) is 85.2 Å². The highest BCUT2D eigenvalue weighted by atomic mass is 16.5. The van der Waals surface area contributed by atoms with E-state index in [4.69, 9.17) is 4.74 Å². The summed E-state index contributed by atoms with van der Waals surface area (Å²) in [6.07, 6.45) is 5.85. The standard InChI is InChI=1S/C17H22N6O2/c1-3-25-15-9-14(18-10-19-15)21-12-8-16(24)23(11-4-5-11)17(12)13-6-7-20-22(13)2/h6-7,9-12,17H,3-5,8H2,1-2H3,(H,18,19,21)/t12-,17-/m1/s1. The van der Waals surface area contributed by atoms with Crippen molar-refractivity contribution in [2.45, 2.75) is 44.3 Å². The number of carbonyl (C=O) groups is 1. The van der Waals surface area contributed by atoms with Gasteiger partial charge in [-0.1, -0.05) is 0 Å². The van der Waals surface area contributed by atoms with Gasteiger partial charge in [-0.3, -0.25) is 9.48 Å². The third kappa shape index (κ3) is 3.04. The lowest BCUT2D eigenvalue weighted by Crippen LogP contribution is -2.35. The van der Waals surface area contributed by atoms with Crippen LogP contribution in [0.15, 0.2) is 24.7 Å². The molecule has 2 atom stereocenters. The Bertz CT molecular complexity index is 772. The van der Waals surface area contributed by atoms with Crippen LogP contribution in [0.2, 0.25) is 0 Å². The Hall–Kier alpha value is -2.64. The molecule has 0 aromatic carbocycles. The van der Waals surface area contributed by atoms with Gasteiger partial charge in [0, 0.05) is 31.8 Å². The molecule has 2 aromatic heterocycles. The smallest absolute Gasteiger partial charge is 0.225 e. The molecule has 1 aliphatic heterocycles. The summed E-state index contributed by atoms with van der Waals surface area (Å²) in [7, 11) is 1.91. The predicted molar refractivity (Wildman–Crippen MR) is 91.0 cm³/mol. The average molecular weight is 342 g/mol. The van der Waals surface area contributed by atoms with Gasteiger partial charge in [0.2, 0.25) is 11.8 Å². The largest absolute Gasteiger partial charge is 0.478 e. The van der Waals surface area contributed by atoms with Gasteiger partial charge in [-0.05, 0) is 25.8 Å². The summed E-state index contributed by atoms with van der Waals surface area (Å²) in [6, 6.07) is 4.00. The molecule has 1 amide bonds. The van der Waals surface area contributed by atoms with E-state index < -0.39 is 0 Å². The molecule has 2 aromatic rings. The first-order chi connectivity index (χ1) is 12.2. The predicted octanol–water partition coefficient (Wildman–Crippen LogP) is 1.53. The van der Waals surface area contributed by atoms with Gasteiger partial charge in [-0.2, -0.15) is 5.10 Å². The molecule has 0 unspecified atom stereocenters. The minimum absolute atomic E-state index is 0.0435. The first-order valence-corrected chi connectivity index (χ1v) is 8.68. The number of aryl methyl sites for hydroxylation is 1. The molecule has 3 heterocycles. The van der Waals surface area contributed by atoms with Crippen LogP contribution in [-0.2, 0) is 11.8 Å². The molecule has 8 heteroatoms. The van der Waals surface area contributed by atoms with Crippen molar-refractivity contribution in [3.63, 3.8) is 0 Å². The Morgan fingerprint density at radius 1 is 1.36 bits per heavy atom. The van der Waals surface area contributed by atoms with Crippen LogP contribution in [0.5, 0.6) is 5.88 Å². The summed E-state index contributed by atoms with van der Waals surface area (Å²) < 4.78 is 7.28. The number of nitrogens with one attached hydrogen (secondary N) is 1. The van der Waals surface area contributed by atoms with Crippen molar-refractivity contribution < 1.29 is 9.53 Å². The fourth-order valence-corrected chi connectivity index (χ4v) is 3.53. The van der Waals surface area contributed by atoms with Gasteiger partial charge in [0.1, 0.15) is 12.1 Å². The van der Waals surface area contributed by atoms with Crippen LogP contribution in [0, 0.1) is 0 Å². The Labute approximate surface area is 146 Å². The van der Waals surface area contributed by atoms with Crippen LogP contribution in [0.25, 0.3) is 0 Å². The number of rotatable bonds is 6. The van der Waals surface area contributed by atoms with Crippen LogP contribution in [0.4, 0.5) is 5.82 Å². The number of hydrogen-bond donors (Lipinski definition) is 1. The summed E-state index contributed by atoms with van der Waals surface area (Å²) in [4.78, 5) is 23.0. The van der Waals surface area contributed by atoms with Gasteiger partial charge in [-0.25, -0.2) is 9.97 Å². The molecule has 1 aliphatic carbocycles. The first-order valence-electron chi connectivity index (χ1n) is 8.68. The van der Waals surface area contributed by atoms with Crippen LogP contribution in [0.3, 0.4) is 0 Å². The molecule has 1 N–H and O–H groups in total. The van der Waals surface area contributed by atoms with Gasteiger partial charge in [-0.15, -0.1) is 0 Å². The number of ether oxygens (including phenoxy) is 1. The summed E-state index contributed by atoms with van der Waals surface area (Å²) in [6.45, 7) is 2.46. The van der Waals surface area contributed by atoms with Gasteiger partial charge in [0.05, 0.1) is 24.4 Å². The molecular weight excluding hydrogens is 320 g/mol. The Balaban J connectivity index is 1.62. The van der Waals surface area contributed by atoms with Crippen molar-refractivity contribution >= 4 is 11.7 Å². The second-order valence-electron chi connectivity index (χ2n) is 6.49. The summed E-state index contributed by atoms with van der Waals surface area (Å²) in [5.41, 5.74) is 1.04. The fourth-order valence-electron chi connectivity index (χ4n) is 3.53. The molecule has 2 aliphatic rings. The van der Waals surface area contributed by atoms with Crippen LogP contribution in [-0.4, -0.2) is 49.2 Å². The molecule has 25 heavy (non-hydrogen) atoms. The third-order valence-electron chi connectivity index (χ3n) is 4.73. The minimum Gasteiger partial charge on any atom is -0.478 e. The SMILES string of the molecule is CCOc1cc(N[C@@H]2CC(=O)N(C3CC3)[C@H]2c2ccnn2C)ncn1. The molecule has 4 rings (SSSR count). The van der Waals surface area contributed by atoms with E-state index >= 15 is 0 Å². The highest BCUT2D eigenvalue weighted by molar-refractivity contribution is 5.81.